The number of carbonyl (C=O) groups excluding carboxylic acids is 1. The minimum Gasteiger partial charge on any atom is -0.481 e. The lowest BCUT2D eigenvalue weighted by Crippen LogP contribution is -2.30. The number of benzene rings is 3. The number of rotatable bonds is 6. The molecule has 0 aliphatic carbocycles. The van der Waals surface area contributed by atoms with Gasteiger partial charge in [-0.1, -0.05) is 12.1 Å². The SMILES string of the molecule is O=C(O)CC(NC(=O)c1ccc2nc(-c3cc(C(F)(F)F)cc(C(F)(F)F)c3)ccc2c1)c1ccc2c(c1)OCO2. The van der Waals surface area contributed by atoms with Gasteiger partial charge in [-0.2, -0.15) is 26.3 Å². The summed E-state index contributed by atoms with van der Waals surface area (Å²) in [6, 6.07) is 11.9. The number of alkyl halides is 6. The second-order valence-electron chi connectivity index (χ2n) is 9.14. The zero-order valence-corrected chi connectivity index (χ0v) is 20.6. The molecule has 13 heteroatoms. The first-order valence-corrected chi connectivity index (χ1v) is 11.9. The molecule has 2 heterocycles. The first kappa shape index (κ1) is 27.7. The standard InChI is InChI=1S/C28H18F6N2O5/c29-27(30,31)18-8-17(9-19(11-18)28(32,33)34)21-4-1-14-7-16(2-5-20(14)35-21)26(39)36-22(12-25(37)38)15-3-6-23-24(10-15)41-13-40-23/h1-11,22H,12-13H2,(H,36,39)(H,37,38). The number of carboxylic acids is 1. The number of aromatic nitrogens is 1. The summed E-state index contributed by atoms with van der Waals surface area (Å²) in [7, 11) is 0. The van der Waals surface area contributed by atoms with Crippen molar-refractivity contribution in [3.63, 3.8) is 0 Å². The Balaban J connectivity index is 1.43. The topological polar surface area (TPSA) is 97.8 Å². The van der Waals surface area contributed by atoms with Gasteiger partial charge < -0.3 is 19.9 Å². The Kier molecular flexibility index (Phi) is 6.97. The molecule has 2 N–H and O–H groups in total. The Bertz CT molecular complexity index is 1640. The molecule has 0 radical (unpaired) electrons. The number of nitrogens with zero attached hydrogens (tertiary/aromatic N) is 1. The van der Waals surface area contributed by atoms with Gasteiger partial charge in [0, 0.05) is 16.5 Å². The van der Waals surface area contributed by atoms with E-state index in [1.165, 1.54) is 30.3 Å². The average Bonchev–Trinajstić information content (AvgIpc) is 3.38. The second kappa shape index (κ2) is 10.3. The molecule has 0 bridgehead atoms. The monoisotopic (exact) mass is 576 g/mol. The molecule has 1 aromatic heterocycles. The maximum atomic E-state index is 13.3. The van der Waals surface area contributed by atoms with Crippen LogP contribution in [0.25, 0.3) is 22.2 Å². The van der Waals surface area contributed by atoms with Gasteiger partial charge >= 0.3 is 18.3 Å². The van der Waals surface area contributed by atoms with E-state index in [1.54, 1.807) is 18.2 Å². The summed E-state index contributed by atoms with van der Waals surface area (Å²) in [5.41, 5.74) is -2.63. The van der Waals surface area contributed by atoms with Gasteiger partial charge in [0.25, 0.3) is 5.91 Å². The molecule has 1 atom stereocenters. The summed E-state index contributed by atoms with van der Waals surface area (Å²) >= 11 is 0. The van der Waals surface area contributed by atoms with Crippen LogP contribution in [-0.4, -0.2) is 28.8 Å². The van der Waals surface area contributed by atoms with Crippen LogP contribution in [0.5, 0.6) is 11.5 Å². The van der Waals surface area contributed by atoms with Crippen LogP contribution in [0.4, 0.5) is 26.3 Å². The van der Waals surface area contributed by atoms with E-state index in [0.29, 0.717) is 34.6 Å². The Hall–Kier alpha value is -4.81. The molecule has 0 spiro atoms. The number of hydrogen-bond donors (Lipinski definition) is 2. The highest BCUT2D eigenvalue weighted by atomic mass is 19.4. The zero-order chi connectivity index (χ0) is 29.5. The van der Waals surface area contributed by atoms with Crippen LogP contribution in [0.2, 0.25) is 0 Å². The Morgan fingerprint density at radius 1 is 0.854 bits per heavy atom. The van der Waals surface area contributed by atoms with E-state index < -0.39 is 47.8 Å². The van der Waals surface area contributed by atoms with Crippen LogP contribution in [0.3, 0.4) is 0 Å². The van der Waals surface area contributed by atoms with Gasteiger partial charge in [0.2, 0.25) is 6.79 Å². The van der Waals surface area contributed by atoms with Gasteiger partial charge in [-0.15, -0.1) is 0 Å². The fourth-order valence-corrected chi connectivity index (χ4v) is 4.33. The lowest BCUT2D eigenvalue weighted by atomic mass is 10.0. The smallest absolute Gasteiger partial charge is 0.416 e. The molecule has 1 amide bonds. The summed E-state index contributed by atoms with van der Waals surface area (Å²) < 4.78 is 90.3. The quantitative estimate of drug-likeness (QED) is 0.251. The van der Waals surface area contributed by atoms with E-state index in [1.807, 2.05) is 0 Å². The fourth-order valence-electron chi connectivity index (χ4n) is 4.33. The van der Waals surface area contributed by atoms with Gasteiger partial charge in [-0.05, 0) is 60.2 Å². The number of aliphatic carboxylic acids is 1. The summed E-state index contributed by atoms with van der Waals surface area (Å²) in [5, 5.41) is 12.4. The van der Waals surface area contributed by atoms with Crippen LogP contribution in [0, 0.1) is 0 Å². The Morgan fingerprint density at radius 3 is 2.20 bits per heavy atom. The van der Waals surface area contributed by atoms with Crippen LogP contribution in [0.15, 0.2) is 66.7 Å². The van der Waals surface area contributed by atoms with E-state index in [2.05, 4.69) is 10.3 Å². The first-order chi connectivity index (χ1) is 19.3. The number of ether oxygens (including phenoxy) is 2. The summed E-state index contributed by atoms with van der Waals surface area (Å²) in [5.74, 6) is -0.891. The van der Waals surface area contributed by atoms with Crippen molar-refractivity contribution in [2.45, 2.75) is 24.8 Å². The molecule has 0 saturated heterocycles. The molecule has 5 rings (SSSR count). The van der Waals surface area contributed by atoms with Crippen LogP contribution in [0.1, 0.15) is 39.5 Å². The van der Waals surface area contributed by atoms with Crippen molar-refractivity contribution in [2.75, 3.05) is 6.79 Å². The highest BCUT2D eigenvalue weighted by molar-refractivity contribution is 5.98. The first-order valence-electron chi connectivity index (χ1n) is 11.9. The predicted molar refractivity (Wildman–Crippen MR) is 132 cm³/mol. The van der Waals surface area contributed by atoms with Gasteiger partial charge in [0.15, 0.2) is 11.5 Å². The molecule has 1 aliphatic heterocycles. The highest BCUT2D eigenvalue weighted by Crippen LogP contribution is 2.39. The largest absolute Gasteiger partial charge is 0.481 e. The van der Waals surface area contributed by atoms with E-state index in [9.17, 15) is 41.0 Å². The maximum Gasteiger partial charge on any atom is 0.416 e. The summed E-state index contributed by atoms with van der Waals surface area (Å²) in [4.78, 5) is 28.7. The molecule has 3 aromatic carbocycles. The van der Waals surface area contributed by atoms with Gasteiger partial charge in [-0.3, -0.25) is 9.59 Å². The molecule has 4 aromatic rings. The molecule has 1 unspecified atom stereocenters. The number of hydrogen-bond acceptors (Lipinski definition) is 5. The lowest BCUT2D eigenvalue weighted by Gasteiger charge is -2.18. The molecular formula is C28H18F6N2O5. The van der Waals surface area contributed by atoms with E-state index in [-0.39, 0.29) is 35.2 Å². The van der Waals surface area contributed by atoms with Crippen LogP contribution in [-0.2, 0) is 17.1 Å². The number of pyridine rings is 1. The molecule has 41 heavy (non-hydrogen) atoms. The van der Waals surface area contributed by atoms with Crippen molar-refractivity contribution in [1.29, 1.82) is 0 Å². The average molecular weight is 576 g/mol. The number of amides is 1. The number of nitrogens with one attached hydrogen (secondary N) is 1. The fraction of sp³-hybridized carbons (Fsp3) is 0.179. The number of fused-ring (bicyclic) bond motifs is 2. The van der Waals surface area contributed by atoms with Crippen molar-refractivity contribution < 1.29 is 50.5 Å². The minimum atomic E-state index is -5.01. The van der Waals surface area contributed by atoms with Gasteiger partial charge in [0.1, 0.15) is 0 Å². The number of carbonyl (C=O) groups is 2. The molecule has 0 saturated carbocycles. The van der Waals surface area contributed by atoms with E-state index in [4.69, 9.17) is 9.47 Å². The number of halogens is 6. The lowest BCUT2D eigenvalue weighted by molar-refractivity contribution is -0.143. The maximum absolute atomic E-state index is 13.3. The van der Waals surface area contributed by atoms with Crippen LogP contribution < -0.4 is 14.8 Å². The highest BCUT2D eigenvalue weighted by Gasteiger charge is 2.37. The normalized spacial score (nSPS) is 13.7. The molecule has 0 fully saturated rings. The predicted octanol–water partition coefficient (Wildman–Crippen LogP) is 6.61. The Labute approximate surface area is 227 Å². The molecule has 212 valence electrons. The van der Waals surface area contributed by atoms with Crippen molar-refractivity contribution >= 4 is 22.8 Å². The number of carboxylic acid groups (broad SMARTS) is 1. The molecule has 7 nitrogen and oxygen atoms in total. The third-order valence-electron chi connectivity index (χ3n) is 6.32. The third kappa shape index (κ3) is 6.03. The summed E-state index contributed by atoms with van der Waals surface area (Å²) in [6.45, 7) is 0.0127. The summed E-state index contributed by atoms with van der Waals surface area (Å²) in [6.07, 6.45) is -10.4. The van der Waals surface area contributed by atoms with Crippen molar-refractivity contribution in [1.82, 2.24) is 10.3 Å². The van der Waals surface area contributed by atoms with Crippen molar-refractivity contribution in [2.24, 2.45) is 0 Å². The zero-order valence-electron chi connectivity index (χ0n) is 20.6. The van der Waals surface area contributed by atoms with Gasteiger partial charge in [0.05, 0.1) is 34.8 Å². The van der Waals surface area contributed by atoms with Gasteiger partial charge in [-0.25, -0.2) is 4.98 Å². The van der Waals surface area contributed by atoms with Crippen LogP contribution >= 0.6 is 0 Å². The third-order valence-corrected chi connectivity index (χ3v) is 6.32. The van der Waals surface area contributed by atoms with E-state index >= 15 is 0 Å². The minimum absolute atomic E-state index is 0.0127. The van der Waals surface area contributed by atoms with Crippen molar-refractivity contribution in [3.8, 4) is 22.8 Å². The molecular weight excluding hydrogens is 558 g/mol. The second-order valence-corrected chi connectivity index (χ2v) is 9.14. The van der Waals surface area contributed by atoms with Crippen molar-refractivity contribution in [3.05, 3.63) is 89.0 Å². The Morgan fingerprint density at radius 2 is 1.54 bits per heavy atom. The van der Waals surface area contributed by atoms with E-state index in [0.717, 1.165) is 0 Å². The molecule has 1 aliphatic rings.